The van der Waals surface area contributed by atoms with Crippen LogP contribution >= 0.6 is 15.9 Å². The molecule has 1 aromatic heterocycles. The minimum atomic E-state index is 0.688. The second-order valence-electron chi connectivity index (χ2n) is 1.43. The lowest BCUT2D eigenvalue weighted by molar-refractivity contribution is 0.409. The average Bonchev–Trinajstić information content (AvgIpc) is 1.89. The molecule has 0 unspecified atom stereocenters. The van der Waals surface area contributed by atoms with Gasteiger partial charge in [-0.15, -0.1) is 0 Å². The van der Waals surface area contributed by atoms with Gasteiger partial charge in [-0.05, 0) is 28.1 Å². The zero-order valence-electron chi connectivity index (χ0n) is 4.89. The standard InChI is InChI=1S/C6H5BrNO/c1-9-5-3-2-4-8-6(5)7/h2-3H,1H3. The van der Waals surface area contributed by atoms with Crippen molar-refractivity contribution in [2.45, 2.75) is 0 Å². The molecule has 0 bridgehead atoms. The topological polar surface area (TPSA) is 22.1 Å². The van der Waals surface area contributed by atoms with Gasteiger partial charge in [-0.1, -0.05) is 0 Å². The van der Waals surface area contributed by atoms with Crippen molar-refractivity contribution in [1.29, 1.82) is 0 Å². The van der Waals surface area contributed by atoms with Crippen LogP contribution in [0.5, 0.6) is 5.75 Å². The van der Waals surface area contributed by atoms with Crippen LogP contribution in [0.1, 0.15) is 0 Å². The van der Waals surface area contributed by atoms with E-state index in [4.69, 9.17) is 4.74 Å². The first kappa shape index (κ1) is 6.55. The Morgan fingerprint density at radius 3 is 3.00 bits per heavy atom. The molecular weight excluding hydrogens is 182 g/mol. The number of pyridine rings is 1. The molecule has 0 aliphatic carbocycles. The lowest BCUT2D eigenvalue weighted by Crippen LogP contribution is -1.84. The van der Waals surface area contributed by atoms with E-state index in [1.165, 1.54) is 0 Å². The van der Waals surface area contributed by atoms with Crippen LogP contribution in [0.4, 0.5) is 0 Å². The summed E-state index contributed by atoms with van der Waals surface area (Å²) >= 11 is 3.19. The largest absolute Gasteiger partial charge is 0.494 e. The summed E-state index contributed by atoms with van der Waals surface area (Å²) in [6.07, 6.45) is 2.66. The molecular formula is C6H5BrNO. The van der Waals surface area contributed by atoms with Gasteiger partial charge < -0.3 is 4.74 Å². The van der Waals surface area contributed by atoms with Gasteiger partial charge in [0.05, 0.1) is 13.3 Å². The molecule has 1 radical (unpaired) electrons. The highest BCUT2D eigenvalue weighted by atomic mass is 79.9. The van der Waals surface area contributed by atoms with Crippen molar-refractivity contribution in [2.24, 2.45) is 0 Å². The van der Waals surface area contributed by atoms with Crippen LogP contribution in [0, 0.1) is 6.20 Å². The van der Waals surface area contributed by atoms with Gasteiger partial charge in [-0.3, -0.25) is 0 Å². The van der Waals surface area contributed by atoms with Crippen LogP contribution in [0.25, 0.3) is 0 Å². The van der Waals surface area contributed by atoms with Crippen LogP contribution in [0.2, 0.25) is 0 Å². The van der Waals surface area contributed by atoms with E-state index in [0.29, 0.717) is 4.60 Å². The smallest absolute Gasteiger partial charge is 0.151 e. The summed E-state index contributed by atoms with van der Waals surface area (Å²) in [5.74, 6) is 0.730. The number of nitrogens with zero attached hydrogens (tertiary/aromatic N) is 1. The van der Waals surface area contributed by atoms with E-state index in [1.54, 1.807) is 19.2 Å². The summed E-state index contributed by atoms with van der Waals surface area (Å²) in [5.41, 5.74) is 0. The van der Waals surface area contributed by atoms with Crippen LogP contribution in [0.3, 0.4) is 0 Å². The highest BCUT2D eigenvalue weighted by Crippen LogP contribution is 2.19. The SMILES string of the molecule is COc1cc[c]nc1Br. The van der Waals surface area contributed by atoms with Gasteiger partial charge in [-0.25, -0.2) is 4.98 Å². The molecule has 0 saturated carbocycles. The third-order valence-corrected chi connectivity index (χ3v) is 1.46. The van der Waals surface area contributed by atoms with Gasteiger partial charge in [0.25, 0.3) is 0 Å². The number of hydrogen-bond acceptors (Lipinski definition) is 2. The number of hydrogen-bond donors (Lipinski definition) is 0. The van der Waals surface area contributed by atoms with E-state index >= 15 is 0 Å². The molecule has 0 spiro atoms. The average molecular weight is 187 g/mol. The maximum atomic E-state index is 4.92. The Labute approximate surface area is 62.0 Å². The number of rotatable bonds is 1. The lowest BCUT2D eigenvalue weighted by atomic mass is 10.5. The number of aromatic nitrogens is 1. The fourth-order valence-corrected chi connectivity index (χ4v) is 0.879. The Bertz CT molecular complexity index is 202. The number of methoxy groups -OCH3 is 1. The molecule has 0 fully saturated rings. The fourth-order valence-electron chi connectivity index (χ4n) is 0.483. The zero-order chi connectivity index (χ0) is 6.69. The first-order valence-corrected chi connectivity index (χ1v) is 3.20. The quantitative estimate of drug-likeness (QED) is 0.623. The minimum Gasteiger partial charge on any atom is -0.494 e. The van der Waals surface area contributed by atoms with Gasteiger partial charge in [-0.2, -0.15) is 0 Å². The summed E-state index contributed by atoms with van der Waals surface area (Å²) in [6.45, 7) is 0. The predicted molar refractivity (Wildman–Crippen MR) is 37.3 cm³/mol. The van der Waals surface area contributed by atoms with Gasteiger partial charge in [0, 0.05) is 0 Å². The molecule has 3 heteroatoms. The van der Waals surface area contributed by atoms with Gasteiger partial charge in [0.1, 0.15) is 4.60 Å². The Morgan fingerprint density at radius 1 is 1.78 bits per heavy atom. The maximum absolute atomic E-state index is 4.92. The zero-order valence-corrected chi connectivity index (χ0v) is 6.47. The summed E-state index contributed by atoms with van der Waals surface area (Å²) in [5, 5.41) is 0. The Balaban J connectivity index is 3.01. The van der Waals surface area contributed by atoms with E-state index in [9.17, 15) is 0 Å². The highest BCUT2D eigenvalue weighted by molar-refractivity contribution is 9.10. The molecule has 0 atom stereocenters. The normalized spacial score (nSPS) is 9.11. The van der Waals surface area contributed by atoms with Crippen molar-refractivity contribution in [1.82, 2.24) is 4.98 Å². The molecule has 0 aromatic carbocycles. The second kappa shape index (κ2) is 2.82. The predicted octanol–water partition coefficient (Wildman–Crippen LogP) is 1.65. The first-order valence-electron chi connectivity index (χ1n) is 2.41. The molecule has 0 amide bonds. The van der Waals surface area contributed by atoms with E-state index in [2.05, 4.69) is 27.1 Å². The van der Waals surface area contributed by atoms with Crippen molar-refractivity contribution in [3.63, 3.8) is 0 Å². The van der Waals surface area contributed by atoms with Crippen molar-refractivity contribution < 1.29 is 4.74 Å². The lowest BCUT2D eigenvalue weighted by Gasteiger charge is -1.97. The summed E-state index contributed by atoms with van der Waals surface area (Å²) in [6, 6.07) is 3.49. The molecule has 9 heavy (non-hydrogen) atoms. The highest BCUT2D eigenvalue weighted by Gasteiger charge is 1.95. The van der Waals surface area contributed by atoms with E-state index < -0.39 is 0 Å². The Morgan fingerprint density at radius 2 is 2.56 bits per heavy atom. The van der Waals surface area contributed by atoms with Crippen LogP contribution in [-0.2, 0) is 0 Å². The van der Waals surface area contributed by atoms with Crippen LogP contribution in [-0.4, -0.2) is 12.1 Å². The molecule has 0 aliphatic rings. The summed E-state index contributed by atoms with van der Waals surface area (Å²) in [7, 11) is 1.60. The molecule has 0 saturated heterocycles. The van der Waals surface area contributed by atoms with Crippen LogP contribution < -0.4 is 4.74 Å². The molecule has 1 rings (SSSR count). The van der Waals surface area contributed by atoms with Gasteiger partial charge in [0.15, 0.2) is 5.75 Å². The maximum Gasteiger partial charge on any atom is 0.151 e. The third-order valence-electron chi connectivity index (χ3n) is 0.895. The second-order valence-corrected chi connectivity index (χ2v) is 2.18. The molecule has 2 nitrogen and oxygen atoms in total. The van der Waals surface area contributed by atoms with E-state index in [-0.39, 0.29) is 0 Å². The van der Waals surface area contributed by atoms with Crippen molar-refractivity contribution in [3.05, 3.63) is 22.9 Å². The van der Waals surface area contributed by atoms with Gasteiger partial charge >= 0.3 is 0 Å². The molecule has 1 heterocycles. The van der Waals surface area contributed by atoms with E-state index in [1.807, 2.05) is 0 Å². The van der Waals surface area contributed by atoms with Crippen molar-refractivity contribution >= 4 is 15.9 Å². The number of ether oxygens (including phenoxy) is 1. The number of halogens is 1. The van der Waals surface area contributed by atoms with Crippen molar-refractivity contribution in [3.8, 4) is 5.75 Å². The van der Waals surface area contributed by atoms with Crippen LogP contribution in [0.15, 0.2) is 16.7 Å². The minimum absolute atomic E-state index is 0.688. The fraction of sp³-hybridized carbons (Fsp3) is 0.167. The third kappa shape index (κ3) is 1.42. The first-order chi connectivity index (χ1) is 4.34. The molecule has 47 valence electrons. The summed E-state index contributed by atoms with van der Waals surface area (Å²) < 4.78 is 5.60. The monoisotopic (exact) mass is 186 g/mol. The van der Waals surface area contributed by atoms with E-state index in [0.717, 1.165) is 5.75 Å². The Kier molecular flexibility index (Phi) is 2.05. The summed E-state index contributed by atoms with van der Waals surface area (Å²) in [4.78, 5) is 3.82. The molecule has 0 aliphatic heterocycles. The Hall–Kier alpha value is -0.570. The molecule has 1 aromatic rings. The van der Waals surface area contributed by atoms with Gasteiger partial charge in [0.2, 0.25) is 0 Å². The van der Waals surface area contributed by atoms with Crippen molar-refractivity contribution in [2.75, 3.05) is 7.11 Å². The molecule has 0 N–H and O–H groups in total.